The SMILES string of the molecule is CSCNCC(=O)NC(CSCC1CCCCC1)C(=O)NCCNCc1ccccc1. The Kier molecular flexibility index (Phi) is 13.8. The maximum Gasteiger partial charge on any atom is 0.243 e. The highest BCUT2D eigenvalue weighted by atomic mass is 32.2. The van der Waals surface area contributed by atoms with Gasteiger partial charge in [-0.1, -0.05) is 49.6 Å². The lowest BCUT2D eigenvalue weighted by Gasteiger charge is -2.23. The Morgan fingerprint density at radius 1 is 1.06 bits per heavy atom. The predicted octanol–water partition coefficient (Wildman–Crippen LogP) is 2.60. The van der Waals surface area contributed by atoms with Crippen LogP contribution < -0.4 is 21.3 Å². The molecule has 0 heterocycles. The maximum atomic E-state index is 12.7. The molecule has 1 atom stereocenters. The van der Waals surface area contributed by atoms with Gasteiger partial charge in [0.15, 0.2) is 0 Å². The van der Waals surface area contributed by atoms with Crippen LogP contribution in [0.1, 0.15) is 37.7 Å². The number of carbonyl (C=O) groups excluding carboxylic acids is 2. The average Bonchev–Trinajstić information content (AvgIpc) is 2.79. The van der Waals surface area contributed by atoms with Crippen molar-refractivity contribution < 1.29 is 9.59 Å². The van der Waals surface area contributed by atoms with Gasteiger partial charge in [0.25, 0.3) is 0 Å². The van der Waals surface area contributed by atoms with Gasteiger partial charge in [0, 0.05) is 31.3 Å². The second kappa shape index (κ2) is 16.4. The monoisotopic (exact) mass is 466 g/mol. The van der Waals surface area contributed by atoms with Crippen LogP contribution in [0.15, 0.2) is 30.3 Å². The third-order valence-corrected chi connectivity index (χ3v) is 7.09. The molecule has 0 radical (unpaired) electrons. The van der Waals surface area contributed by atoms with Crippen molar-refractivity contribution in [3.63, 3.8) is 0 Å². The first kappa shape index (κ1) is 26.0. The second-order valence-corrected chi connectivity index (χ2v) is 9.92. The molecule has 0 spiro atoms. The third-order valence-electron chi connectivity index (χ3n) is 5.32. The van der Waals surface area contributed by atoms with Crippen molar-refractivity contribution in [1.29, 1.82) is 0 Å². The molecule has 2 rings (SSSR count). The lowest BCUT2D eigenvalue weighted by molar-refractivity contribution is -0.128. The van der Waals surface area contributed by atoms with Crippen LogP contribution in [0, 0.1) is 5.92 Å². The Morgan fingerprint density at radius 2 is 1.84 bits per heavy atom. The van der Waals surface area contributed by atoms with Gasteiger partial charge >= 0.3 is 0 Å². The molecular formula is C23H38N4O2S2. The largest absolute Gasteiger partial charge is 0.353 e. The summed E-state index contributed by atoms with van der Waals surface area (Å²) in [6.07, 6.45) is 8.56. The van der Waals surface area contributed by atoms with Gasteiger partial charge in [-0.2, -0.15) is 11.8 Å². The van der Waals surface area contributed by atoms with Crippen molar-refractivity contribution in [3.8, 4) is 0 Å². The van der Waals surface area contributed by atoms with Crippen LogP contribution in [0.4, 0.5) is 0 Å². The van der Waals surface area contributed by atoms with Crippen LogP contribution in [-0.2, 0) is 16.1 Å². The van der Waals surface area contributed by atoms with Gasteiger partial charge in [0.2, 0.25) is 11.8 Å². The van der Waals surface area contributed by atoms with Crippen molar-refractivity contribution >= 4 is 35.3 Å². The highest BCUT2D eigenvalue weighted by Crippen LogP contribution is 2.26. The first-order valence-electron chi connectivity index (χ1n) is 11.3. The van der Waals surface area contributed by atoms with Crippen LogP contribution >= 0.6 is 23.5 Å². The molecule has 1 aromatic rings. The highest BCUT2D eigenvalue weighted by Gasteiger charge is 2.21. The highest BCUT2D eigenvalue weighted by molar-refractivity contribution is 7.99. The Labute approximate surface area is 195 Å². The van der Waals surface area contributed by atoms with Crippen molar-refractivity contribution in [3.05, 3.63) is 35.9 Å². The van der Waals surface area contributed by atoms with E-state index in [0.717, 1.165) is 18.2 Å². The Hall–Kier alpha value is -1.22. The topological polar surface area (TPSA) is 82.3 Å². The molecule has 0 aliphatic heterocycles. The summed E-state index contributed by atoms with van der Waals surface area (Å²) >= 11 is 3.42. The van der Waals surface area contributed by atoms with E-state index in [2.05, 4.69) is 33.4 Å². The quantitative estimate of drug-likeness (QED) is 0.235. The van der Waals surface area contributed by atoms with Gasteiger partial charge in [0.05, 0.1) is 6.54 Å². The predicted molar refractivity (Wildman–Crippen MR) is 133 cm³/mol. The van der Waals surface area contributed by atoms with E-state index in [1.807, 2.05) is 24.5 Å². The minimum absolute atomic E-state index is 0.101. The first-order chi connectivity index (χ1) is 15.2. The van der Waals surface area contributed by atoms with E-state index in [9.17, 15) is 9.59 Å². The molecule has 1 aromatic carbocycles. The molecule has 2 amide bonds. The summed E-state index contributed by atoms with van der Waals surface area (Å²) in [5.41, 5.74) is 1.22. The molecule has 1 unspecified atom stereocenters. The summed E-state index contributed by atoms with van der Waals surface area (Å²) in [4.78, 5) is 25.0. The van der Waals surface area contributed by atoms with E-state index in [1.54, 1.807) is 23.5 Å². The third kappa shape index (κ3) is 11.8. The zero-order chi connectivity index (χ0) is 22.2. The zero-order valence-corrected chi connectivity index (χ0v) is 20.3. The fourth-order valence-corrected chi connectivity index (χ4v) is 5.21. The second-order valence-electron chi connectivity index (χ2n) is 7.97. The minimum Gasteiger partial charge on any atom is -0.353 e. The van der Waals surface area contributed by atoms with Crippen molar-refractivity contribution in [2.24, 2.45) is 5.92 Å². The Balaban J connectivity index is 1.71. The number of benzene rings is 1. The van der Waals surface area contributed by atoms with E-state index in [-0.39, 0.29) is 18.4 Å². The molecule has 31 heavy (non-hydrogen) atoms. The molecule has 0 aromatic heterocycles. The van der Waals surface area contributed by atoms with Gasteiger partial charge in [0.1, 0.15) is 6.04 Å². The molecular weight excluding hydrogens is 428 g/mol. The van der Waals surface area contributed by atoms with Gasteiger partial charge in [-0.15, -0.1) is 11.8 Å². The van der Waals surface area contributed by atoms with E-state index >= 15 is 0 Å². The molecule has 1 aliphatic rings. The molecule has 0 saturated heterocycles. The van der Waals surface area contributed by atoms with Crippen LogP contribution in [0.3, 0.4) is 0 Å². The van der Waals surface area contributed by atoms with Crippen LogP contribution in [0.25, 0.3) is 0 Å². The number of hydrogen-bond acceptors (Lipinski definition) is 6. The molecule has 174 valence electrons. The molecule has 6 nitrogen and oxygen atoms in total. The van der Waals surface area contributed by atoms with Gasteiger partial charge in [-0.3, -0.25) is 14.9 Å². The zero-order valence-electron chi connectivity index (χ0n) is 18.7. The lowest BCUT2D eigenvalue weighted by atomic mass is 9.91. The molecule has 4 N–H and O–H groups in total. The average molecular weight is 467 g/mol. The normalized spacial score (nSPS) is 15.4. The number of rotatable bonds is 15. The molecule has 8 heteroatoms. The minimum atomic E-state index is -0.494. The first-order valence-corrected chi connectivity index (χ1v) is 13.8. The van der Waals surface area contributed by atoms with Crippen molar-refractivity contribution in [2.75, 3.05) is 43.3 Å². The Bertz CT molecular complexity index is 627. The van der Waals surface area contributed by atoms with Gasteiger partial charge < -0.3 is 16.0 Å². The van der Waals surface area contributed by atoms with E-state index in [4.69, 9.17) is 0 Å². The molecule has 1 fully saturated rings. The summed E-state index contributed by atoms with van der Waals surface area (Å²) in [6.45, 7) is 2.23. The number of carbonyl (C=O) groups is 2. The summed E-state index contributed by atoms with van der Waals surface area (Å²) in [5.74, 6) is 2.93. The van der Waals surface area contributed by atoms with Crippen LogP contribution in [0.2, 0.25) is 0 Å². The summed E-state index contributed by atoms with van der Waals surface area (Å²) in [6, 6.07) is 9.70. The van der Waals surface area contributed by atoms with E-state index in [0.29, 0.717) is 24.7 Å². The van der Waals surface area contributed by atoms with E-state index < -0.39 is 6.04 Å². The number of thioether (sulfide) groups is 2. The smallest absolute Gasteiger partial charge is 0.243 e. The number of hydrogen-bond donors (Lipinski definition) is 4. The summed E-state index contributed by atoms with van der Waals surface area (Å²) in [7, 11) is 0. The Morgan fingerprint density at radius 3 is 2.58 bits per heavy atom. The van der Waals surface area contributed by atoms with Crippen LogP contribution in [0.5, 0.6) is 0 Å². The van der Waals surface area contributed by atoms with E-state index in [1.165, 1.54) is 37.7 Å². The molecule has 0 bridgehead atoms. The standard InChI is InChI=1S/C23H38N4O2S2/c1-30-18-25-15-22(28)27-21(17-31-16-20-10-6-3-7-11-20)23(29)26-13-12-24-14-19-8-4-2-5-9-19/h2,4-5,8-9,20-21,24-25H,3,6-7,10-18H2,1H3,(H,26,29)(H,27,28). The molecule has 1 aliphatic carbocycles. The number of amides is 2. The number of nitrogens with one attached hydrogen (secondary N) is 4. The van der Waals surface area contributed by atoms with Gasteiger partial charge in [-0.05, 0) is 36.3 Å². The lowest BCUT2D eigenvalue weighted by Crippen LogP contribution is -2.51. The maximum absolute atomic E-state index is 12.7. The fourth-order valence-electron chi connectivity index (χ4n) is 3.63. The summed E-state index contributed by atoms with van der Waals surface area (Å²) in [5, 5.41) is 12.3. The van der Waals surface area contributed by atoms with Gasteiger partial charge in [-0.25, -0.2) is 0 Å². The van der Waals surface area contributed by atoms with Crippen molar-refractivity contribution in [1.82, 2.24) is 21.3 Å². The molecule has 1 saturated carbocycles. The summed E-state index contributed by atoms with van der Waals surface area (Å²) < 4.78 is 0. The van der Waals surface area contributed by atoms with Crippen molar-refractivity contribution in [2.45, 2.75) is 44.7 Å². The van der Waals surface area contributed by atoms with Crippen LogP contribution in [-0.4, -0.2) is 61.1 Å². The fraction of sp³-hybridized carbons (Fsp3) is 0.652.